The molecule has 0 fully saturated rings. The van der Waals surface area contributed by atoms with Gasteiger partial charge in [-0.2, -0.15) is 0 Å². The smallest absolute Gasteiger partial charge is 0.255 e. The molecule has 0 bridgehead atoms. The summed E-state index contributed by atoms with van der Waals surface area (Å²) in [5.74, 6) is -0.560. The van der Waals surface area contributed by atoms with Crippen LogP contribution in [0.5, 0.6) is 0 Å². The number of rotatable bonds is 5. The van der Waals surface area contributed by atoms with Gasteiger partial charge in [-0.05, 0) is 40.0 Å². The Labute approximate surface area is 126 Å². The van der Waals surface area contributed by atoms with Gasteiger partial charge in [-0.25, -0.2) is 0 Å². The fraction of sp³-hybridized carbons (Fsp3) is 0.385. The predicted molar refractivity (Wildman–Crippen MR) is 79.1 cm³/mol. The van der Waals surface area contributed by atoms with Gasteiger partial charge in [0.05, 0.1) is 12.1 Å². The Hall–Kier alpha value is -1.07. The van der Waals surface area contributed by atoms with E-state index in [1.165, 1.54) is 4.90 Å². The molecule has 0 saturated heterocycles. The van der Waals surface area contributed by atoms with Gasteiger partial charge in [0, 0.05) is 16.0 Å². The van der Waals surface area contributed by atoms with Crippen molar-refractivity contribution in [3.8, 4) is 0 Å². The first-order chi connectivity index (χ1) is 8.81. The van der Waals surface area contributed by atoms with E-state index in [-0.39, 0.29) is 18.4 Å². The molecule has 1 aromatic rings. The topological polar surface area (TPSA) is 63.4 Å². The van der Waals surface area contributed by atoms with E-state index in [2.05, 4.69) is 15.9 Å². The molecule has 2 N–H and O–H groups in total. The zero-order valence-electron chi connectivity index (χ0n) is 10.8. The Bertz CT molecular complexity index is 492. The van der Waals surface area contributed by atoms with Crippen LogP contribution in [-0.4, -0.2) is 29.8 Å². The molecule has 2 amide bonds. The summed E-state index contributed by atoms with van der Waals surface area (Å²) in [6.07, 6.45) is 0. The number of carbonyl (C=O) groups is 2. The molecule has 0 atom stereocenters. The minimum Gasteiger partial charge on any atom is -0.368 e. The lowest BCUT2D eigenvalue weighted by molar-refractivity contribution is -0.118. The van der Waals surface area contributed by atoms with Gasteiger partial charge in [0.15, 0.2) is 0 Å². The molecular weight excluding hydrogens is 332 g/mol. The van der Waals surface area contributed by atoms with Crippen molar-refractivity contribution < 1.29 is 9.59 Å². The summed E-state index contributed by atoms with van der Waals surface area (Å²) in [4.78, 5) is 24.9. The minimum absolute atomic E-state index is 0.101. The molecule has 1 rings (SSSR count). The first-order valence-corrected chi connectivity index (χ1v) is 7.01. The lowest BCUT2D eigenvalue weighted by atomic mass is 10.1. The maximum atomic E-state index is 12.4. The number of hydrogen-bond acceptors (Lipinski definition) is 2. The largest absolute Gasteiger partial charge is 0.368 e. The molecule has 0 aliphatic heterocycles. The average Bonchev–Trinajstić information content (AvgIpc) is 2.29. The number of benzene rings is 1. The number of nitrogens with two attached hydrogens (primary N) is 1. The third-order valence-electron chi connectivity index (χ3n) is 2.38. The molecule has 0 radical (unpaired) electrons. The Morgan fingerprint density at radius 3 is 2.58 bits per heavy atom. The van der Waals surface area contributed by atoms with E-state index in [1.54, 1.807) is 18.2 Å². The summed E-state index contributed by atoms with van der Waals surface area (Å²) < 4.78 is 0.639. The summed E-state index contributed by atoms with van der Waals surface area (Å²) in [5, 5.41) is 0.468. The zero-order valence-corrected chi connectivity index (χ0v) is 13.2. The van der Waals surface area contributed by atoms with Crippen molar-refractivity contribution in [2.45, 2.75) is 13.8 Å². The van der Waals surface area contributed by atoms with Crippen LogP contribution in [0.15, 0.2) is 22.7 Å². The third-order valence-corrected chi connectivity index (χ3v) is 3.30. The number of amides is 2. The summed E-state index contributed by atoms with van der Waals surface area (Å²) in [6.45, 7) is 4.29. The van der Waals surface area contributed by atoms with Gasteiger partial charge in [0.1, 0.15) is 0 Å². The van der Waals surface area contributed by atoms with E-state index in [1.807, 2.05) is 13.8 Å². The van der Waals surface area contributed by atoms with Crippen molar-refractivity contribution in [2.24, 2.45) is 11.7 Å². The van der Waals surface area contributed by atoms with Crippen molar-refractivity contribution >= 4 is 39.3 Å². The van der Waals surface area contributed by atoms with Crippen LogP contribution in [0.2, 0.25) is 5.02 Å². The van der Waals surface area contributed by atoms with Crippen LogP contribution in [0, 0.1) is 5.92 Å². The Morgan fingerprint density at radius 1 is 1.42 bits per heavy atom. The van der Waals surface area contributed by atoms with Gasteiger partial charge >= 0.3 is 0 Å². The molecule has 0 heterocycles. The Kier molecular flexibility index (Phi) is 5.82. The number of primary amides is 1. The van der Waals surface area contributed by atoms with E-state index in [0.29, 0.717) is 21.6 Å². The van der Waals surface area contributed by atoms with Crippen LogP contribution in [0.4, 0.5) is 0 Å². The van der Waals surface area contributed by atoms with Crippen LogP contribution in [0.3, 0.4) is 0 Å². The average molecular weight is 348 g/mol. The lowest BCUT2D eigenvalue weighted by Crippen LogP contribution is -2.40. The molecule has 0 aromatic heterocycles. The highest BCUT2D eigenvalue weighted by atomic mass is 79.9. The molecular formula is C13H16BrClN2O2. The molecule has 19 heavy (non-hydrogen) atoms. The first kappa shape index (κ1) is 16.0. The quantitative estimate of drug-likeness (QED) is 0.890. The predicted octanol–water partition coefficient (Wildman–Crippen LogP) is 2.69. The second-order valence-electron chi connectivity index (χ2n) is 4.67. The van der Waals surface area contributed by atoms with Crippen LogP contribution >= 0.6 is 27.5 Å². The second kappa shape index (κ2) is 6.91. The maximum Gasteiger partial charge on any atom is 0.255 e. The normalized spacial score (nSPS) is 10.6. The molecule has 6 heteroatoms. The lowest BCUT2D eigenvalue weighted by Gasteiger charge is -2.23. The Balaban J connectivity index is 3.03. The number of hydrogen-bond donors (Lipinski definition) is 1. The molecule has 104 valence electrons. The van der Waals surface area contributed by atoms with Gasteiger partial charge in [-0.1, -0.05) is 25.4 Å². The monoisotopic (exact) mass is 346 g/mol. The highest BCUT2D eigenvalue weighted by Crippen LogP contribution is 2.23. The van der Waals surface area contributed by atoms with E-state index < -0.39 is 5.91 Å². The summed E-state index contributed by atoms with van der Waals surface area (Å²) in [7, 11) is 0. The highest BCUT2D eigenvalue weighted by Gasteiger charge is 2.21. The molecule has 0 saturated carbocycles. The van der Waals surface area contributed by atoms with Crippen molar-refractivity contribution in [2.75, 3.05) is 13.1 Å². The van der Waals surface area contributed by atoms with Crippen molar-refractivity contribution in [3.05, 3.63) is 33.3 Å². The summed E-state index contributed by atoms with van der Waals surface area (Å²) in [5.41, 5.74) is 5.61. The van der Waals surface area contributed by atoms with Crippen molar-refractivity contribution in [1.29, 1.82) is 0 Å². The molecule has 1 aromatic carbocycles. The fourth-order valence-electron chi connectivity index (χ4n) is 1.68. The molecule has 0 unspecified atom stereocenters. The van der Waals surface area contributed by atoms with Gasteiger partial charge in [-0.15, -0.1) is 0 Å². The molecule has 0 spiro atoms. The number of halogens is 2. The first-order valence-electron chi connectivity index (χ1n) is 5.84. The van der Waals surface area contributed by atoms with Crippen molar-refractivity contribution in [3.63, 3.8) is 0 Å². The van der Waals surface area contributed by atoms with Crippen LogP contribution in [0.25, 0.3) is 0 Å². The van der Waals surface area contributed by atoms with Crippen LogP contribution in [0.1, 0.15) is 24.2 Å². The zero-order chi connectivity index (χ0) is 14.6. The standard InChI is InChI=1S/C13H16BrClN2O2/c1-8(2)6-17(7-12(16)18)13(19)10-5-9(15)3-4-11(10)14/h3-5,8H,6-7H2,1-2H3,(H2,16,18). The SMILES string of the molecule is CC(C)CN(CC(N)=O)C(=O)c1cc(Cl)ccc1Br. The number of nitrogens with zero attached hydrogens (tertiary/aromatic N) is 1. The fourth-order valence-corrected chi connectivity index (χ4v) is 2.27. The summed E-state index contributed by atoms with van der Waals surface area (Å²) >= 11 is 9.20. The van der Waals surface area contributed by atoms with Gasteiger partial charge in [0.25, 0.3) is 5.91 Å². The van der Waals surface area contributed by atoms with E-state index in [9.17, 15) is 9.59 Å². The Morgan fingerprint density at radius 2 is 2.05 bits per heavy atom. The van der Waals surface area contributed by atoms with Gasteiger partial charge in [-0.3, -0.25) is 9.59 Å². The molecule has 0 aliphatic rings. The highest BCUT2D eigenvalue weighted by molar-refractivity contribution is 9.10. The second-order valence-corrected chi connectivity index (χ2v) is 5.96. The van der Waals surface area contributed by atoms with Crippen molar-refractivity contribution in [1.82, 2.24) is 4.90 Å². The van der Waals surface area contributed by atoms with Gasteiger partial charge in [0.2, 0.25) is 5.91 Å². The van der Waals surface area contributed by atoms with E-state index in [4.69, 9.17) is 17.3 Å². The van der Waals surface area contributed by atoms with Crippen LogP contribution < -0.4 is 5.73 Å². The third kappa shape index (κ3) is 4.84. The number of carbonyl (C=O) groups excluding carboxylic acids is 2. The summed E-state index contributed by atoms with van der Waals surface area (Å²) in [6, 6.07) is 4.96. The molecule has 4 nitrogen and oxygen atoms in total. The van der Waals surface area contributed by atoms with Gasteiger partial charge < -0.3 is 10.6 Å². The molecule has 0 aliphatic carbocycles. The van der Waals surface area contributed by atoms with E-state index >= 15 is 0 Å². The van der Waals surface area contributed by atoms with Crippen LogP contribution in [-0.2, 0) is 4.79 Å². The maximum absolute atomic E-state index is 12.4. The van der Waals surface area contributed by atoms with E-state index in [0.717, 1.165) is 0 Å². The minimum atomic E-state index is -0.535.